The Morgan fingerprint density at radius 1 is 1.18 bits per heavy atom. The number of nitrogens with two attached hydrogens (primary N) is 1. The molecule has 8 heteroatoms. The Labute approximate surface area is 159 Å². The topological polar surface area (TPSA) is 134 Å². The van der Waals surface area contributed by atoms with Crippen molar-refractivity contribution in [3.8, 4) is 28.5 Å². The molecule has 4 N–H and O–H groups in total. The van der Waals surface area contributed by atoms with Gasteiger partial charge in [0.15, 0.2) is 0 Å². The van der Waals surface area contributed by atoms with Gasteiger partial charge in [-0.05, 0) is 23.8 Å². The summed E-state index contributed by atoms with van der Waals surface area (Å²) in [7, 11) is 0. The molecule has 28 heavy (non-hydrogen) atoms. The molecular formula is C20H16N6O2. The van der Waals surface area contributed by atoms with Crippen LogP contribution >= 0.6 is 0 Å². The minimum atomic E-state index is -0.335. The van der Waals surface area contributed by atoms with Crippen molar-refractivity contribution < 1.29 is 5.11 Å². The molecule has 2 aromatic heterocycles. The summed E-state index contributed by atoms with van der Waals surface area (Å²) in [5.74, 6) is 0. The van der Waals surface area contributed by atoms with Crippen LogP contribution in [0.5, 0.6) is 0 Å². The van der Waals surface area contributed by atoms with Crippen molar-refractivity contribution in [2.75, 3.05) is 0 Å². The van der Waals surface area contributed by atoms with Crippen LogP contribution in [0.25, 0.3) is 33.2 Å². The summed E-state index contributed by atoms with van der Waals surface area (Å²) in [5, 5.41) is 31.1. The second-order valence-electron chi connectivity index (χ2n) is 6.17. The number of fused-ring (bicyclic) bond motifs is 1. The largest absolute Gasteiger partial charge is 0.374 e. The Balaban J connectivity index is 2.00. The normalized spacial score (nSPS) is 10.9. The van der Waals surface area contributed by atoms with E-state index in [1.54, 1.807) is 30.5 Å². The molecule has 4 aromatic rings. The molecule has 0 unspecified atom stereocenters. The second kappa shape index (κ2) is 7.08. The molecule has 0 aliphatic carbocycles. The van der Waals surface area contributed by atoms with Crippen LogP contribution in [0.1, 0.15) is 11.3 Å². The van der Waals surface area contributed by atoms with Crippen molar-refractivity contribution >= 4 is 10.8 Å². The molecule has 8 nitrogen and oxygen atoms in total. The Morgan fingerprint density at radius 2 is 2.00 bits per heavy atom. The Hall–Kier alpha value is -3.80. The fraction of sp³-hybridized carbons (Fsp3) is 0.100. The lowest BCUT2D eigenvalue weighted by atomic mass is 9.96. The van der Waals surface area contributed by atoms with Crippen LogP contribution in [0.3, 0.4) is 0 Å². The smallest absolute Gasteiger partial charge is 0.272 e. The van der Waals surface area contributed by atoms with E-state index in [0.717, 1.165) is 11.1 Å². The highest BCUT2D eigenvalue weighted by molar-refractivity contribution is 5.91. The van der Waals surface area contributed by atoms with Crippen LogP contribution in [0, 0.1) is 11.3 Å². The van der Waals surface area contributed by atoms with Crippen LogP contribution in [0.2, 0.25) is 0 Å². The van der Waals surface area contributed by atoms with Gasteiger partial charge in [-0.15, -0.1) is 0 Å². The quantitative estimate of drug-likeness (QED) is 0.499. The van der Waals surface area contributed by atoms with Gasteiger partial charge in [0.1, 0.15) is 6.73 Å². The second-order valence-corrected chi connectivity index (χ2v) is 6.17. The number of benzene rings is 2. The van der Waals surface area contributed by atoms with Gasteiger partial charge in [-0.2, -0.15) is 15.5 Å². The van der Waals surface area contributed by atoms with Gasteiger partial charge >= 0.3 is 0 Å². The highest BCUT2D eigenvalue weighted by atomic mass is 16.3. The number of hydrogen-bond acceptors (Lipinski definition) is 6. The van der Waals surface area contributed by atoms with Crippen molar-refractivity contribution in [2.45, 2.75) is 13.3 Å². The van der Waals surface area contributed by atoms with Crippen LogP contribution in [-0.4, -0.2) is 25.1 Å². The summed E-state index contributed by atoms with van der Waals surface area (Å²) in [6.45, 7) is -0.158. The lowest BCUT2D eigenvalue weighted by molar-refractivity contribution is 0.197. The van der Waals surface area contributed by atoms with Gasteiger partial charge in [-0.25, -0.2) is 9.78 Å². The van der Waals surface area contributed by atoms with E-state index < -0.39 is 0 Å². The van der Waals surface area contributed by atoms with E-state index in [4.69, 9.17) is 5.73 Å². The van der Waals surface area contributed by atoms with Gasteiger partial charge in [0, 0.05) is 23.1 Å². The SMILES string of the molecule is N#Cc1ccccc1-c1c(-c2ccc3c(=O)[nH]nc(CN)c3c2)cnn1CO. The number of aliphatic hydroxyl groups excluding tert-OH is 1. The number of H-pyrrole nitrogens is 1. The van der Waals surface area contributed by atoms with Gasteiger partial charge < -0.3 is 10.8 Å². The number of hydrogen-bond donors (Lipinski definition) is 3. The predicted molar refractivity (Wildman–Crippen MR) is 104 cm³/mol. The lowest BCUT2D eigenvalue weighted by Gasteiger charge is -2.11. The first-order chi connectivity index (χ1) is 13.7. The summed E-state index contributed by atoms with van der Waals surface area (Å²) in [6, 6.07) is 14.6. The zero-order valence-electron chi connectivity index (χ0n) is 14.8. The maximum absolute atomic E-state index is 12.1. The number of nitriles is 1. The Bertz CT molecular complexity index is 1280. The zero-order chi connectivity index (χ0) is 19.7. The van der Waals surface area contributed by atoms with Crippen molar-refractivity contribution in [3.05, 3.63) is 70.3 Å². The first kappa shape index (κ1) is 17.6. The third-order valence-electron chi connectivity index (χ3n) is 4.65. The molecule has 0 spiro atoms. The fourth-order valence-corrected chi connectivity index (χ4v) is 3.32. The van der Waals surface area contributed by atoms with Gasteiger partial charge in [0.05, 0.1) is 34.6 Å². The monoisotopic (exact) mass is 372 g/mol. The molecule has 0 aliphatic rings. The number of aromatic nitrogens is 4. The molecule has 0 radical (unpaired) electrons. The number of aromatic amines is 1. The van der Waals surface area contributed by atoms with E-state index in [0.29, 0.717) is 33.3 Å². The zero-order valence-corrected chi connectivity index (χ0v) is 14.8. The van der Waals surface area contributed by atoms with Crippen molar-refractivity contribution in [1.29, 1.82) is 5.26 Å². The van der Waals surface area contributed by atoms with E-state index in [-0.39, 0.29) is 18.8 Å². The minimum Gasteiger partial charge on any atom is -0.374 e. The van der Waals surface area contributed by atoms with Crippen LogP contribution in [0.4, 0.5) is 0 Å². The van der Waals surface area contributed by atoms with Crippen LogP contribution < -0.4 is 11.3 Å². The van der Waals surface area contributed by atoms with Gasteiger partial charge in [0.2, 0.25) is 0 Å². The van der Waals surface area contributed by atoms with E-state index in [9.17, 15) is 15.2 Å². The third-order valence-corrected chi connectivity index (χ3v) is 4.65. The summed E-state index contributed by atoms with van der Waals surface area (Å²) in [6.07, 6.45) is 1.63. The van der Waals surface area contributed by atoms with Crippen molar-refractivity contribution in [2.24, 2.45) is 5.73 Å². The molecule has 138 valence electrons. The molecule has 0 saturated heterocycles. The molecule has 0 amide bonds. The number of nitrogens with zero attached hydrogens (tertiary/aromatic N) is 4. The molecule has 0 fully saturated rings. The van der Waals surface area contributed by atoms with E-state index in [1.165, 1.54) is 4.68 Å². The summed E-state index contributed by atoms with van der Waals surface area (Å²) in [4.78, 5) is 12.1. The molecule has 0 atom stereocenters. The molecule has 4 rings (SSSR count). The Kier molecular flexibility index (Phi) is 4.45. The summed E-state index contributed by atoms with van der Waals surface area (Å²) < 4.78 is 1.43. The van der Waals surface area contributed by atoms with E-state index in [1.807, 2.05) is 18.2 Å². The third kappa shape index (κ3) is 2.75. The van der Waals surface area contributed by atoms with Crippen LogP contribution in [-0.2, 0) is 13.3 Å². The standard InChI is InChI=1S/C20H16N6O2/c21-8-13-3-1-2-4-14(13)19-17(10-23-26(19)11-27)12-5-6-15-16(7-12)18(9-22)24-25-20(15)28/h1-7,10,27H,9,11,22H2,(H,25,28). The average Bonchev–Trinajstić information content (AvgIpc) is 3.17. The maximum atomic E-state index is 12.1. The van der Waals surface area contributed by atoms with Crippen molar-refractivity contribution in [1.82, 2.24) is 20.0 Å². The molecule has 0 saturated carbocycles. The van der Waals surface area contributed by atoms with Gasteiger partial charge in [-0.3, -0.25) is 4.79 Å². The molecule has 2 heterocycles. The first-order valence-electron chi connectivity index (χ1n) is 8.56. The van der Waals surface area contributed by atoms with E-state index >= 15 is 0 Å². The van der Waals surface area contributed by atoms with Crippen LogP contribution in [0.15, 0.2) is 53.5 Å². The number of nitrogens with one attached hydrogen (secondary N) is 1. The van der Waals surface area contributed by atoms with Gasteiger partial charge in [-0.1, -0.05) is 24.3 Å². The summed E-state index contributed by atoms with van der Waals surface area (Å²) in [5.41, 5.74) is 9.30. The lowest BCUT2D eigenvalue weighted by Crippen LogP contribution is -2.13. The number of rotatable bonds is 4. The fourth-order valence-electron chi connectivity index (χ4n) is 3.32. The molecule has 2 aromatic carbocycles. The minimum absolute atomic E-state index is 0.177. The van der Waals surface area contributed by atoms with Gasteiger partial charge in [0.25, 0.3) is 5.56 Å². The summed E-state index contributed by atoms with van der Waals surface area (Å²) >= 11 is 0. The Morgan fingerprint density at radius 3 is 2.75 bits per heavy atom. The van der Waals surface area contributed by atoms with Crippen molar-refractivity contribution in [3.63, 3.8) is 0 Å². The predicted octanol–water partition coefficient (Wildman–Crippen LogP) is 1.73. The first-order valence-corrected chi connectivity index (χ1v) is 8.56. The highest BCUT2D eigenvalue weighted by Crippen LogP contribution is 2.35. The highest BCUT2D eigenvalue weighted by Gasteiger charge is 2.18. The number of aliphatic hydroxyl groups is 1. The molecular weight excluding hydrogens is 356 g/mol. The average molecular weight is 372 g/mol. The van der Waals surface area contributed by atoms with E-state index in [2.05, 4.69) is 21.4 Å². The molecule has 0 bridgehead atoms. The molecule has 0 aliphatic heterocycles. The maximum Gasteiger partial charge on any atom is 0.272 e.